The number of hydrogen-bond acceptors (Lipinski definition) is 1. The molecule has 0 aliphatic carbocycles. The quantitative estimate of drug-likeness (QED) is 0.574. The number of nitrogens with zero attached hydrogens (tertiary/aromatic N) is 1. The molecule has 0 amide bonds. The Bertz CT molecular complexity index is 95.8. The highest BCUT2D eigenvalue weighted by molar-refractivity contribution is 4.75. The lowest BCUT2D eigenvalue weighted by atomic mass is 9.96. The Kier molecular flexibility index (Phi) is 6.27. The van der Waals surface area contributed by atoms with Crippen LogP contribution in [0, 0.1) is 17.2 Å². The molecule has 0 unspecified atom stereocenters. The summed E-state index contributed by atoms with van der Waals surface area (Å²) < 4.78 is 0. The van der Waals surface area contributed by atoms with Gasteiger partial charge in [-0.1, -0.05) is 26.7 Å². The molecule has 0 saturated carbocycles. The van der Waals surface area contributed by atoms with Gasteiger partial charge in [0.15, 0.2) is 0 Å². The zero-order chi connectivity index (χ0) is 7.82. The van der Waals surface area contributed by atoms with Gasteiger partial charge in [0, 0.05) is 6.42 Å². The SMILES string of the molecule is CCCC(CC#N)CCC. The summed E-state index contributed by atoms with van der Waals surface area (Å²) in [7, 11) is 0. The van der Waals surface area contributed by atoms with E-state index in [-0.39, 0.29) is 0 Å². The van der Waals surface area contributed by atoms with Crippen molar-refractivity contribution in [1.82, 2.24) is 0 Å². The van der Waals surface area contributed by atoms with E-state index in [2.05, 4.69) is 19.9 Å². The lowest BCUT2D eigenvalue weighted by Gasteiger charge is -2.09. The number of nitriles is 1. The van der Waals surface area contributed by atoms with Gasteiger partial charge in [-0.25, -0.2) is 0 Å². The molecular weight excluding hydrogens is 122 g/mol. The Morgan fingerprint density at radius 2 is 1.70 bits per heavy atom. The standard InChI is InChI=1S/C9H17N/c1-3-5-9(6-4-2)7-8-10/h9H,3-7H2,1-2H3. The van der Waals surface area contributed by atoms with Crippen molar-refractivity contribution in [2.75, 3.05) is 0 Å². The van der Waals surface area contributed by atoms with Gasteiger partial charge >= 0.3 is 0 Å². The third-order valence-electron chi connectivity index (χ3n) is 1.77. The van der Waals surface area contributed by atoms with Gasteiger partial charge in [0.05, 0.1) is 6.07 Å². The van der Waals surface area contributed by atoms with Gasteiger partial charge in [-0.05, 0) is 18.8 Å². The highest BCUT2D eigenvalue weighted by Gasteiger charge is 2.04. The van der Waals surface area contributed by atoms with Crippen molar-refractivity contribution < 1.29 is 0 Å². The molecule has 0 rings (SSSR count). The molecule has 1 nitrogen and oxygen atoms in total. The average Bonchev–Trinajstić information content (AvgIpc) is 1.90. The van der Waals surface area contributed by atoms with Gasteiger partial charge in [0.1, 0.15) is 0 Å². The maximum atomic E-state index is 8.44. The van der Waals surface area contributed by atoms with Crippen LogP contribution in [0.1, 0.15) is 46.0 Å². The maximum absolute atomic E-state index is 8.44. The van der Waals surface area contributed by atoms with E-state index in [1.165, 1.54) is 25.7 Å². The first kappa shape index (κ1) is 9.49. The van der Waals surface area contributed by atoms with Crippen LogP contribution in [0.4, 0.5) is 0 Å². The molecule has 0 aliphatic heterocycles. The molecule has 0 atom stereocenters. The van der Waals surface area contributed by atoms with E-state index in [1.807, 2.05) is 0 Å². The van der Waals surface area contributed by atoms with E-state index >= 15 is 0 Å². The lowest BCUT2D eigenvalue weighted by Crippen LogP contribution is -1.97. The third kappa shape index (κ3) is 4.38. The Hall–Kier alpha value is -0.510. The van der Waals surface area contributed by atoms with Crippen LogP contribution in [-0.2, 0) is 0 Å². The molecule has 1 heteroatoms. The molecule has 0 aromatic carbocycles. The Morgan fingerprint density at radius 1 is 1.20 bits per heavy atom. The molecule has 0 aromatic rings. The van der Waals surface area contributed by atoms with Gasteiger partial charge in [-0.15, -0.1) is 0 Å². The number of hydrogen-bond donors (Lipinski definition) is 0. The maximum Gasteiger partial charge on any atom is 0.0624 e. The molecule has 0 spiro atoms. The summed E-state index contributed by atoms with van der Waals surface area (Å²) >= 11 is 0. The predicted molar refractivity (Wildman–Crippen MR) is 43.5 cm³/mol. The van der Waals surface area contributed by atoms with E-state index < -0.39 is 0 Å². The summed E-state index contributed by atoms with van der Waals surface area (Å²) in [4.78, 5) is 0. The van der Waals surface area contributed by atoms with Gasteiger partial charge in [-0.3, -0.25) is 0 Å². The van der Waals surface area contributed by atoms with Crippen LogP contribution in [0.3, 0.4) is 0 Å². The van der Waals surface area contributed by atoms with Gasteiger partial charge in [0.25, 0.3) is 0 Å². The van der Waals surface area contributed by atoms with Crippen LogP contribution in [-0.4, -0.2) is 0 Å². The first-order chi connectivity index (χ1) is 4.85. The van der Waals surface area contributed by atoms with Crippen molar-refractivity contribution in [3.05, 3.63) is 0 Å². The Balaban J connectivity index is 3.42. The summed E-state index contributed by atoms with van der Waals surface area (Å²) in [6.45, 7) is 4.36. The Labute approximate surface area is 64.1 Å². The molecule has 0 fully saturated rings. The van der Waals surface area contributed by atoms with E-state index in [9.17, 15) is 0 Å². The van der Waals surface area contributed by atoms with E-state index in [4.69, 9.17) is 5.26 Å². The molecule has 0 saturated heterocycles. The summed E-state index contributed by atoms with van der Waals surface area (Å²) in [5.41, 5.74) is 0. The van der Waals surface area contributed by atoms with Crippen LogP contribution >= 0.6 is 0 Å². The van der Waals surface area contributed by atoms with Crippen LogP contribution in [0.2, 0.25) is 0 Å². The highest BCUT2D eigenvalue weighted by atomic mass is 14.2. The second-order valence-electron chi connectivity index (χ2n) is 2.81. The van der Waals surface area contributed by atoms with Crippen molar-refractivity contribution in [1.29, 1.82) is 5.26 Å². The van der Waals surface area contributed by atoms with Crippen LogP contribution in [0.15, 0.2) is 0 Å². The highest BCUT2D eigenvalue weighted by Crippen LogP contribution is 2.16. The molecule has 0 radical (unpaired) electrons. The summed E-state index contributed by atoms with van der Waals surface area (Å²) in [6, 6.07) is 2.24. The monoisotopic (exact) mass is 139 g/mol. The van der Waals surface area contributed by atoms with E-state index in [0.717, 1.165) is 6.42 Å². The van der Waals surface area contributed by atoms with Crippen molar-refractivity contribution >= 4 is 0 Å². The van der Waals surface area contributed by atoms with E-state index in [1.54, 1.807) is 0 Å². The normalized spacial score (nSPS) is 9.80. The van der Waals surface area contributed by atoms with Crippen LogP contribution in [0.5, 0.6) is 0 Å². The van der Waals surface area contributed by atoms with Gasteiger partial charge in [-0.2, -0.15) is 5.26 Å². The topological polar surface area (TPSA) is 23.8 Å². The second-order valence-corrected chi connectivity index (χ2v) is 2.81. The van der Waals surface area contributed by atoms with Crippen molar-refractivity contribution in [3.63, 3.8) is 0 Å². The number of rotatable bonds is 5. The van der Waals surface area contributed by atoms with Crippen LogP contribution < -0.4 is 0 Å². The fraction of sp³-hybridized carbons (Fsp3) is 0.889. The molecule has 0 aromatic heterocycles. The van der Waals surface area contributed by atoms with E-state index in [0.29, 0.717) is 5.92 Å². The fourth-order valence-corrected chi connectivity index (χ4v) is 1.29. The average molecular weight is 139 g/mol. The first-order valence-corrected chi connectivity index (χ1v) is 4.22. The van der Waals surface area contributed by atoms with Gasteiger partial charge < -0.3 is 0 Å². The molecular formula is C9H17N. The smallest absolute Gasteiger partial charge is 0.0624 e. The summed E-state index contributed by atoms with van der Waals surface area (Å²) in [5.74, 6) is 0.667. The zero-order valence-corrected chi connectivity index (χ0v) is 7.06. The Morgan fingerprint density at radius 3 is 2.00 bits per heavy atom. The first-order valence-electron chi connectivity index (χ1n) is 4.22. The van der Waals surface area contributed by atoms with Gasteiger partial charge in [0.2, 0.25) is 0 Å². The molecule has 0 heterocycles. The molecule has 0 N–H and O–H groups in total. The predicted octanol–water partition coefficient (Wildman–Crippen LogP) is 3.12. The summed E-state index contributed by atoms with van der Waals surface area (Å²) in [6.07, 6.45) is 5.63. The minimum atomic E-state index is 0.667. The lowest BCUT2D eigenvalue weighted by molar-refractivity contribution is 0.449. The molecule has 58 valence electrons. The molecule has 0 aliphatic rings. The minimum absolute atomic E-state index is 0.667. The van der Waals surface area contributed by atoms with Crippen molar-refractivity contribution in [2.24, 2.45) is 5.92 Å². The minimum Gasteiger partial charge on any atom is -0.198 e. The summed E-state index contributed by atoms with van der Waals surface area (Å²) in [5, 5.41) is 8.44. The molecule has 0 bridgehead atoms. The fourth-order valence-electron chi connectivity index (χ4n) is 1.29. The third-order valence-corrected chi connectivity index (χ3v) is 1.77. The zero-order valence-electron chi connectivity index (χ0n) is 7.06. The second kappa shape index (κ2) is 6.61. The molecule has 10 heavy (non-hydrogen) atoms. The van der Waals surface area contributed by atoms with Crippen molar-refractivity contribution in [2.45, 2.75) is 46.0 Å². The van der Waals surface area contributed by atoms with Crippen LogP contribution in [0.25, 0.3) is 0 Å². The largest absolute Gasteiger partial charge is 0.198 e. The van der Waals surface area contributed by atoms with Crippen molar-refractivity contribution in [3.8, 4) is 6.07 Å².